The van der Waals surface area contributed by atoms with E-state index in [0.29, 0.717) is 11.8 Å². The number of morpholine rings is 1. The van der Waals surface area contributed by atoms with Gasteiger partial charge in [-0.1, -0.05) is 0 Å². The third-order valence-electron chi connectivity index (χ3n) is 4.85. The molecule has 0 saturated carbocycles. The van der Waals surface area contributed by atoms with Gasteiger partial charge in [0.1, 0.15) is 5.82 Å². The Morgan fingerprint density at radius 3 is 2.63 bits per heavy atom. The Kier molecular flexibility index (Phi) is 6.36. The maximum Gasteiger partial charge on any atom is 0.225 e. The molecule has 1 aromatic carbocycles. The number of nitrogens with zero attached hydrogens (tertiary/aromatic N) is 4. The summed E-state index contributed by atoms with van der Waals surface area (Å²) >= 11 is 0. The van der Waals surface area contributed by atoms with Gasteiger partial charge in [0.15, 0.2) is 0 Å². The Morgan fingerprint density at radius 1 is 1.13 bits per heavy atom. The standard InChI is InChI=1S/C22H26N6O2/c1-16(15-29)24-22-26-20(17-3-2-8-23-14-17)13-21(27-22)25-18-4-6-19(7-5-18)28-9-11-30-12-10-28/h2-8,13-14,16,29H,9-12,15H2,1H3,(H2,24,25,26,27)/t16-/m0/s1. The summed E-state index contributed by atoms with van der Waals surface area (Å²) in [4.78, 5) is 15.6. The quantitative estimate of drug-likeness (QED) is 0.551. The van der Waals surface area contributed by atoms with Gasteiger partial charge in [0, 0.05) is 54.5 Å². The number of rotatable bonds is 7. The van der Waals surface area contributed by atoms with Crippen molar-refractivity contribution in [1.82, 2.24) is 15.0 Å². The molecule has 3 N–H and O–H groups in total. The summed E-state index contributed by atoms with van der Waals surface area (Å²) in [5, 5.41) is 15.9. The van der Waals surface area contributed by atoms with Crippen LogP contribution in [0, 0.1) is 0 Å². The topological polar surface area (TPSA) is 95.4 Å². The molecule has 30 heavy (non-hydrogen) atoms. The highest BCUT2D eigenvalue weighted by atomic mass is 16.5. The Morgan fingerprint density at radius 2 is 1.93 bits per heavy atom. The predicted octanol–water partition coefficient (Wildman–Crippen LogP) is 2.91. The zero-order valence-electron chi connectivity index (χ0n) is 17.0. The fourth-order valence-electron chi connectivity index (χ4n) is 3.23. The number of anilines is 4. The molecule has 4 rings (SSSR count). The van der Waals surface area contributed by atoms with E-state index in [0.717, 1.165) is 43.2 Å². The number of aromatic nitrogens is 3. The molecule has 0 radical (unpaired) electrons. The number of ether oxygens (including phenoxy) is 1. The lowest BCUT2D eigenvalue weighted by atomic mass is 10.2. The van der Waals surface area contributed by atoms with E-state index in [1.54, 1.807) is 12.4 Å². The molecule has 8 heteroatoms. The van der Waals surface area contributed by atoms with Gasteiger partial charge < -0.3 is 25.4 Å². The van der Waals surface area contributed by atoms with Crippen LogP contribution in [0.15, 0.2) is 54.9 Å². The summed E-state index contributed by atoms with van der Waals surface area (Å²) in [6.07, 6.45) is 3.50. The van der Waals surface area contributed by atoms with Crippen LogP contribution in [0.4, 0.5) is 23.1 Å². The fourth-order valence-corrected chi connectivity index (χ4v) is 3.23. The molecule has 156 valence electrons. The molecule has 0 bridgehead atoms. The third-order valence-corrected chi connectivity index (χ3v) is 4.85. The average Bonchev–Trinajstić information content (AvgIpc) is 2.80. The molecule has 1 fully saturated rings. The van der Waals surface area contributed by atoms with Gasteiger partial charge >= 0.3 is 0 Å². The normalized spacial score (nSPS) is 14.9. The van der Waals surface area contributed by atoms with Crippen molar-refractivity contribution in [3.63, 3.8) is 0 Å². The fraction of sp³-hybridized carbons (Fsp3) is 0.318. The molecular formula is C22H26N6O2. The number of benzene rings is 1. The number of aliphatic hydroxyl groups excluding tert-OH is 1. The van der Waals surface area contributed by atoms with E-state index >= 15 is 0 Å². The van der Waals surface area contributed by atoms with Gasteiger partial charge in [-0.15, -0.1) is 0 Å². The average molecular weight is 406 g/mol. The molecular weight excluding hydrogens is 380 g/mol. The smallest absolute Gasteiger partial charge is 0.225 e. The minimum atomic E-state index is -0.158. The van der Waals surface area contributed by atoms with Crippen molar-refractivity contribution >= 4 is 23.1 Å². The van der Waals surface area contributed by atoms with Crippen molar-refractivity contribution in [3.05, 3.63) is 54.9 Å². The number of hydrogen-bond acceptors (Lipinski definition) is 8. The van der Waals surface area contributed by atoms with Crippen LogP contribution in [-0.2, 0) is 4.74 Å². The monoisotopic (exact) mass is 406 g/mol. The molecule has 3 heterocycles. The summed E-state index contributed by atoms with van der Waals surface area (Å²) in [5.74, 6) is 1.11. The van der Waals surface area contributed by atoms with Crippen LogP contribution in [0.3, 0.4) is 0 Å². The van der Waals surface area contributed by atoms with Crippen molar-refractivity contribution in [2.24, 2.45) is 0 Å². The molecule has 2 aromatic heterocycles. The highest BCUT2D eigenvalue weighted by Crippen LogP contribution is 2.25. The lowest BCUT2D eigenvalue weighted by Gasteiger charge is -2.28. The Hall–Kier alpha value is -3.23. The van der Waals surface area contributed by atoms with Gasteiger partial charge in [0.2, 0.25) is 5.95 Å². The summed E-state index contributed by atoms with van der Waals surface area (Å²) in [5.41, 5.74) is 3.76. The van der Waals surface area contributed by atoms with E-state index in [1.165, 1.54) is 5.69 Å². The Balaban J connectivity index is 1.57. The van der Waals surface area contributed by atoms with Crippen LogP contribution in [0.2, 0.25) is 0 Å². The zero-order valence-corrected chi connectivity index (χ0v) is 17.0. The molecule has 1 atom stereocenters. The van der Waals surface area contributed by atoms with E-state index in [-0.39, 0.29) is 12.6 Å². The molecule has 0 aliphatic carbocycles. The first kappa shape index (κ1) is 20.1. The van der Waals surface area contributed by atoms with Crippen molar-refractivity contribution in [2.75, 3.05) is 48.4 Å². The maximum atomic E-state index is 9.36. The highest BCUT2D eigenvalue weighted by molar-refractivity contribution is 5.68. The van der Waals surface area contributed by atoms with Crippen LogP contribution >= 0.6 is 0 Å². The van der Waals surface area contributed by atoms with Gasteiger partial charge in [-0.2, -0.15) is 4.98 Å². The molecule has 1 saturated heterocycles. The van der Waals surface area contributed by atoms with Crippen molar-refractivity contribution in [1.29, 1.82) is 0 Å². The first-order chi connectivity index (χ1) is 14.7. The third kappa shape index (κ3) is 5.03. The molecule has 1 aliphatic rings. The summed E-state index contributed by atoms with van der Waals surface area (Å²) in [7, 11) is 0. The summed E-state index contributed by atoms with van der Waals surface area (Å²) < 4.78 is 5.42. The first-order valence-electron chi connectivity index (χ1n) is 10.1. The lowest BCUT2D eigenvalue weighted by Crippen LogP contribution is -2.36. The minimum absolute atomic E-state index is 0.00769. The van der Waals surface area contributed by atoms with E-state index in [9.17, 15) is 5.11 Å². The van der Waals surface area contributed by atoms with Gasteiger partial charge in [-0.3, -0.25) is 4.98 Å². The summed E-state index contributed by atoms with van der Waals surface area (Å²) in [6.45, 7) is 5.21. The lowest BCUT2D eigenvalue weighted by molar-refractivity contribution is 0.122. The van der Waals surface area contributed by atoms with Crippen molar-refractivity contribution < 1.29 is 9.84 Å². The highest BCUT2D eigenvalue weighted by Gasteiger charge is 2.12. The van der Waals surface area contributed by atoms with Gasteiger partial charge in [0.25, 0.3) is 0 Å². The zero-order chi connectivity index (χ0) is 20.8. The van der Waals surface area contributed by atoms with E-state index in [2.05, 4.69) is 42.6 Å². The van der Waals surface area contributed by atoms with Crippen LogP contribution in [0.25, 0.3) is 11.3 Å². The Bertz CT molecular complexity index is 946. The van der Waals surface area contributed by atoms with Gasteiger partial charge in [-0.05, 0) is 43.3 Å². The SMILES string of the molecule is C[C@@H](CO)Nc1nc(Nc2ccc(N3CCOCC3)cc2)cc(-c2cccnc2)n1. The second kappa shape index (κ2) is 9.51. The number of nitrogens with one attached hydrogen (secondary N) is 2. The molecule has 0 amide bonds. The largest absolute Gasteiger partial charge is 0.394 e. The number of aliphatic hydroxyl groups is 1. The maximum absolute atomic E-state index is 9.36. The predicted molar refractivity (Wildman–Crippen MR) is 118 cm³/mol. The van der Waals surface area contributed by atoms with E-state index < -0.39 is 0 Å². The first-order valence-corrected chi connectivity index (χ1v) is 10.1. The molecule has 0 unspecified atom stereocenters. The van der Waals surface area contributed by atoms with Gasteiger partial charge in [0.05, 0.1) is 25.5 Å². The molecule has 0 spiro atoms. The molecule has 8 nitrogen and oxygen atoms in total. The minimum Gasteiger partial charge on any atom is -0.394 e. The Labute approximate surface area is 176 Å². The summed E-state index contributed by atoms with van der Waals surface area (Å²) in [6, 6.07) is 13.8. The van der Waals surface area contributed by atoms with E-state index in [1.807, 2.05) is 37.3 Å². The van der Waals surface area contributed by atoms with Crippen molar-refractivity contribution in [3.8, 4) is 11.3 Å². The van der Waals surface area contributed by atoms with Crippen LogP contribution in [0.5, 0.6) is 0 Å². The van der Waals surface area contributed by atoms with Gasteiger partial charge in [-0.25, -0.2) is 4.98 Å². The van der Waals surface area contributed by atoms with Crippen LogP contribution in [0.1, 0.15) is 6.92 Å². The van der Waals surface area contributed by atoms with Crippen LogP contribution in [-0.4, -0.2) is 59.0 Å². The number of hydrogen-bond donors (Lipinski definition) is 3. The molecule has 1 aliphatic heterocycles. The van der Waals surface area contributed by atoms with E-state index in [4.69, 9.17) is 4.74 Å². The second-order valence-electron chi connectivity index (χ2n) is 7.20. The van der Waals surface area contributed by atoms with Crippen molar-refractivity contribution in [2.45, 2.75) is 13.0 Å². The molecule has 3 aromatic rings. The number of pyridine rings is 1. The second-order valence-corrected chi connectivity index (χ2v) is 7.20. The van der Waals surface area contributed by atoms with Crippen LogP contribution < -0.4 is 15.5 Å².